The molecule has 1 atom stereocenters. The van der Waals surface area contributed by atoms with Crippen LogP contribution in [0.5, 0.6) is 0 Å². The van der Waals surface area contributed by atoms with Crippen LogP contribution < -0.4 is 15.9 Å². The number of hydrogen-bond donors (Lipinski definition) is 0. The third-order valence-electron chi connectivity index (χ3n) is 9.90. The molecule has 0 saturated heterocycles. The maximum atomic E-state index is 16.0. The van der Waals surface area contributed by atoms with Crippen LogP contribution in [0.3, 0.4) is 0 Å². The predicted octanol–water partition coefficient (Wildman–Crippen LogP) is 11.0. The lowest BCUT2D eigenvalue weighted by Gasteiger charge is -2.22. The van der Waals surface area contributed by atoms with E-state index >= 15 is 4.57 Å². The summed E-state index contributed by atoms with van der Waals surface area (Å²) in [6.07, 6.45) is 1.85. The molecule has 3 heterocycles. The van der Waals surface area contributed by atoms with Crippen molar-refractivity contribution in [2.45, 2.75) is 0 Å². The summed E-state index contributed by atoms with van der Waals surface area (Å²) in [4.78, 5) is 4.79. The van der Waals surface area contributed by atoms with Crippen molar-refractivity contribution in [3.05, 3.63) is 176 Å². The van der Waals surface area contributed by atoms with Crippen LogP contribution in [0.1, 0.15) is 0 Å². The van der Waals surface area contributed by atoms with Crippen molar-refractivity contribution in [1.29, 1.82) is 0 Å². The molecule has 0 N–H and O–H groups in total. The summed E-state index contributed by atoms with van der Waals surface area (Å²) in [5, 5.41) is 9.55. The first kappa shape index (κ1) is 29.1. The minimum Gasteiger partial charge on any atom is -0.309 e. The smallest absolute Gasteiger partial charge is 0.171 e. The zero-order valence-electron chi connectivity index (χ0n) is 26.9. The van der Waals surface area contributed by atoms with E-state index in [1.807, 2.05) is 84.3 Å². The van der Waals surface area contributed by atoms with Crippen LogP contribution in [0.25, 0.3) is 69.7 Å². The Balaban J connectivity index is 1.20. The van der Waals surface area contributed by atoms with Crippen molar-refractivity contribution in [2.75, 3.05) is 0 Å². The molecular formula is C45H29N2OPS. The van der Waals surface area contributed by atoms with E-state index in [1.165, 1.54) is 30.9 Å². The van der Waals surface area contributed by atoms with Crippen LogP contribution in [0.4, 0.5) is 0 Å². The minimum atomic E-state index is -3.33. The fourth-order valence-corrected chi connectivity index (χ4v) is 11.4. The summed E-state index contributed by atoms with van der Waals surface area (Å²) >= 11 is 1.83. The van der Waals surface area contributed by atoms with Gasteiger partial charge in [0.2, 0.25) is 0 Å². The first-order valence-electron chi connectivity index (χ1n) is 16.7. The van der Waals surface area contributed by atoms with Gasteiger partial charge in [-0.3, -0.25) is 4.98 Å². The van der Waals surface area contributed by atoms with Gasteiger partial charge in [-0.2, -0.15) is 0 Å². The zero-order valence-corrected chi connectivity index (χ0v) is 28.6. The van der Waals surface area contributed by atoms with Crippen LogP contribution in [-0.2, 0) is 4.57 Å². The molecule has 0 aliphatic rings. The maximum absolute atomic E-state index is 16.0. The van der Waals surface area contributed by atoms with Gasteiger partial charge in [0.05, 0.1) is 16.7 Å². The SMILES string of the molecule is O=P(c1ccccc1)(c1cccc(-c2nccc3ccccc23)c1)c1cccc(-n2c3ccccc3c3cc4c(cc32)sc2ccccc24)c1. The summed E-state index contributed by atoms with van der Waals surface area (Å²) in [5.74, 6) is 0. The van der Waals surface area contributed by atoms with Crippen LogP contribution >= 0.6 is 18.5 Å². The van der Waals surface area contributed by atoms with E-state index in [-0.39, 0.29) is 0 Å². The molecule has 0 bridgehead atoms. The third-order valence-corrected chi connectivity index (χ3v) is 14.1. The highest BCUT2D eigenvalue weighted by atomic mass is 32.1. The minimum absolute atomic E-state index is 0.780. The summed E-state index contributed by atoms with van der Waals surface area (Å²) in [7, 11) is -3.33. The molecule has 7 aromatic carbocycles. The van der Waals surface area contributed by atoms with E-state index in [4.69, 9.17) is 4.98 Å². The van der Waals surface area contributed by atoms with Gasteiger partial charge in [-0.05, 0) is 53.9 Å². The van der Waals surface area contributed by atoms with Crippen LogP contribution in [0.15, 0.2) is 176 Å². The van der Waals surface area contributed by atoms with Crippen LogP contribution in [0.2, 0.25) is 0 Å². The van der Waals surface area contributed by atoms with Crippen molar-refractivity contribution in [3.63, 3.8) is 0 Å². The molecule has 5 heteroatoms. The predicted molar refractivity (Wildman–Crippen MR) is 214 cm³/mol. The van der Waals surface area contributed by atoms with Crippen LogP contribution in [-0.4, -0.2) is 9.55 Å². The third kappa shape index (κ3) is 4.43. The van der Waals surface area contributed by atoms with Gasteiger partial charge in [0.15, 0.2) is 7.14 Å². The zero-order chi connectivity index (χ0) is 33.2. The second kappa shape index (κ2) is 11.4. The summed E-state index contributed by atoms with van der Waals surface area (Å²) in [6, 6.07) is 58.7. The van der Waals surface area contributed by atoms with Gasteiger partial charge in [-0.25, -0.2) is 0 Å². The molecule has 10 aromatic rings. The lowest BCUT2D eigenvalue weighted by molar-refractivity contribution is 0.592. The molecule has 236 valence electrons. The van der Waals surface area contributed by atoms with E-state index in [9.17, 15) is 0 Å². The molecule has 10 rings (SSSR count). The number of rotatable bonds is 5. The molecule has 0 fully saturated rings. The molecule has 0 aliphatic carbocycles. The Hall–Kier alpha value is -5.80. The largest absolute Gasteiger partial charge is 0.309 e. The van der Waals surface area contributed by atoms with Gasteiger partial charge in [0.25, 0.3) is 0 Å². The molecule has 0 aliphatic heterocycles. The molecule has 0 spiro atoms. The molecule has 50 heavy (non-hydrogen) atoms. The van der Waals surface area contributed by atoms with E-state index < -0.39 is 7.14 Å². The summed E-state index contributed by atoms with van der Waals surface area (Å²) < 4.78 is 20.8. The average molecular weight is 677 g/mol. The first-order valence-corrected chi connectivity index (χ1v) is 19.2. The fourth-order valence-electron chi connectivity index (χ4n) is 7.58. The first-order chi connectivity index (χ1) is 24.7. The Morgan fingerprint density at radius 2 is 1.18 bits per heavy atom. The highest BCUT2D eigenvalue weighted by Crippen LogP contribution is 2.45. The lowest BCUT2D eigenvalue weighted by Crippen LogP contribution is -2.25. The van der Waals surface area contributed by atoms with Gasteiger partial charge in [-0.15, -0.1) is 11.3 Å². The number of para-hydroxylation sites is 1. The van der Waals surface area contributed by atoms with Crippen molar-refractivity contribution in [3.8, 4) is 16.9 Å². The van der Waals surface area contributed by atoms with Gasteiger partial charge in [0.1, 0.15) is 0 Å². The van der Waals surface area contributed by atoms with E-state index in [0.717, 1.165) is 54.7 Å². The van der Waals surface area contributed by atoms with Gasteiger partial charge < -0.3 is 9.13 Å². The molecule has 1 unspecified atom stereocenters. The standard InChI is InChI=1S/C45H29N2OPS/c48-49(33-15-2-1-3-16-33,34-17-10-13-31(26-34)45-36-19-5-4-12-30(36)24-25-46-45)35-18-11-14-32(27-35)47-41-22-8-6-20-37(41)39-28-40-38-21-7-9-23-43(38)50-44(40)29-42(39)47/h1-29H. The van der Waals surface area contributed by atoms with E-state index in [0.29, 0.717) is 0 Å². The van der Waals surface area contributed by atoms with Crippen molar-refractivity contribution in [2.24, 2.45) is 0 Å². The van der Waals surface area contributed by atoms with Crippen LogP contribution in [0, 0.1) is 0 Å². The van der Waals surface area contributed by atoms with Gasteiger partial charge in [-0.1, -0.05) is 121 Å². The highest BCUT2D eigenvalue weighted by molar-refractivity contribution is 7.85. The second-order valence-corrected chi connectivity index (χ2v) is 16.6. The molecule has 0 saturated carbocycles. The number of nitrogens with zero attached hydrogens (tertiary/aromatic N) is 2. The van der Waals surface area contributed by atoms with Crippen molar-refractivity contribution < 1.29 is 4.57 Å². The van der Waals surface area contributed by atoms with E-state index in [1.54, 1.807) is 0 Å². The Bertz CT molecular complexity index is 2970. The quantitative estimate of drug-likeness (QED) is 0.170. The van der Waals surface area contributed by atoms with Gasteiger partial charge in [0, 0.05) is 69.7 Å². The summed E-state index contributed by atoms with van der Waals surface area (Å²) in [5.41, 5.74) is 5.08. The van der Waals surface area contributed by atoms with Crippen molar-refractivity contribution >= 4 is 87.1 Å². The normalized spacial score (nSPS) is 13.0. The molecule has 3 aromatic heterocycles. The number of hydrogen-bond acceptors (Lipinski definition) is 3. The summed E-state index contributed by atoms with van der Waals surface area (Å²) in [6.45, 7) is 0. The second-order valence-electron chi connectivity index (χ2n) is 12.7. The Labute approximate surface area is 293 Å². The lowest BCUT2D eigenvalue weighted by atomic mass is 10.0. The highest BCUT2D eigenvalue weighted by Gasteiger charge is 2.31. The van der Waals surface area contributed by atoms with E-state index in [2.05, 4.69) is 108 Å². The Morgan fingerprint density at radius 1 is 0.480 bits per heavy atom. The maximum Gasteiger partial charge on any atom is 0.171 e. The Morgan fingerprint density at radius 3 is 2.06 bits per heavy atom. The molecule has 0 amide bonds. The molecule has 3 nitrogen and oxygen atoms in total. The number of aromatic nitrogens is 2. The fraction of sp³-hybridized carbons (Fsp3) is 0. The monoisotopic (exact) mass is 676 g/mol. The van der Waals surface area contributed by atoms with Crippen molar-refractivity contribution in [1.82, 2.24) is 9.55 Å². The molecular weight excluding hydrogens is 648 g/mol. The topological polar surface area (TPSA) is 34.9 Å². The van der Waals surface area contributed by atoms with Gasteiger partial charge >= 0.3 is 0 Å². The molecule has 0 radical (unpaired) electrons. The average Bonchev–Trinajstić information content (AvgIpc) is 3.71. The number of fused-ring (bicyclic) bond motifs is 7. The number of benzene rings is 7. The Kier molecular flexibility index (Phi) is 6.64. The number of thiophene rings is 1. The number of pyridine rings is 1.